The zero-order chi connectivity index (χ0) is 19.2. The van der Waals surface area contributed by atoms with Crippen LogP contribution >= 0.6 is 0 Å². The third kappa shape index (κ3) is 5.10. The molecular formula is C21H21FN4O. The molecule has 1 amide bonds. The van der Waals surface area contributed by atoms with Crippen LogP contribution in [0.2, 0.25) is 0 Å². The molecule has 0 atom stereocenters. The third-order valence-corrected chi connectivity index (χ3v) is 4.15. The van der Waals surface area contributed by atoms with Crippen molar-refractivity contribution < 1.29 is 9.18 Å². The Morgan fingerprint density at radius 3 is 2.48 bits per heavy atom. The summed E-state index contributed by atoms with van der Waals surface area (Å²) in [5.41, 5.74) is 4.17. The van der Waals surface area contributed by atoms with Crippen LogP contribution in [-0.4, -0.2) is 22.4 Å². The van der Waals surface area contributed by atoms with Crippen LogP contribution in [0.3, 0.4) is 0 Å². The van der Waals surface area contributed by atoms with Crippen LogP contribution in [0.25, 0.3) is 0 Å². The molecule has 3 rings (SSSR count). The van der Waals surface area contributed by atoms with Gasteiger partial charge >= 0.3 is 0 Å². The first kappa shape index (κ1) is 18.5. The molecular weight excluding hydrogens is 343 g/mol. The summed E-state index contributed by atoms with van der Waals surface area (Å²) in [5.74, 6) is 0.0414. The Hall–Kier alpha value is -3.28. The van der Waals surface area contributed by atoms with Crippen molar-refractivity contribution in [1.82, 2.24) is 9.97 Å². The molecule has 0 aliphatic carbocycles. The van der Waals surface area contributed by atoms with E-state index in [1.165, 1.54) is 24.5 Å². The van der Waals surface area contributed by atoms with Crippen LogP contribution in [0, 0.1) is 19.7 Å². The molecule has 0 aliphatic rings. The van der Waals surface area contributed by atoms with Crippen molar-refractivity contribution in [3.05, 3.63) is 83.1 Å². The third-order valence-electron chi connectivity index (χ3n) is 4.15. The molecule has 0 bridgehead atoms. The summed E-state index contributed by atoms with van der Waals surface area (Å²) in [7, 11) is 0. The molecule has 0 saturated heterocycles. The van der Waals surface area contributed by atoms with Gasteiger partial charge in [-0.25, -0.2) is 14.4 Å². The maximum absolute atomic E-state index is 12.9. The van der Waals surface area contributed by atoms with Crippen molar-refractivity contribution in [1.29, 1.82) is 0 Å². The van der Waals surface area contributed by atoms with E-state index in [-0.39, 0.29) is 17.4 Å². The second-order valence-electron chi connectivity index (χ2n) is 6.36. The lowest BCUT2D eigenvalue weighted by atomic mass is 10.1. The van der Waals surface area contributed by atoms with Gasteiger partial charge in [0.05, 0.1) is 12.4 Å². The second-order valence-corrected chi connectivity index (χ2v) is 6.36. The van der Waals surface area contributed by atoms with Gasteiger partial charge in [0.25, 0.3) is 5.91 Å². The highest BCUT2D eigenvalue weighted by Gasteiger charge is 2.10. The average molecular weight is 364 g/mol. The lowest BCUT2D eigenvalue weighted by Crippen LogP contribution is -2.15. The van der Waals surface area contributed by atoms with Gasteiger partial charge in [-0.2, -0.15) is 0 Å². The molecule has 138 valence electrons. The van der Waals surface area contributed by atoms with Gasteiger partial charge < -0.3 is 10.6 Å². The average Bonchev–Trinajstić information content (AvgIpc) is 2.66. The fourth-order valence-electron chi connectivity index (χ4n) is 2.66. The van der Waals surface area contributed by atoms with Crippen molar-refractivity contribution in [3.8, 4) is 0 Å². The number of rotatable bonds is 6. The number of aromatic nitrogens is 2. The van der Waals surface area contributed by atoms with E-state index in [4.69, 9.17) is 0 Å². The summed E-state index contributed by atoms with van der Waals surface area (Å²) >= 11 is 0. The number of amides is 1. The highest BCUT2D eigenvalue weighted by molar-refractivity contribution is 6.03. The molecule has 0 spiro atoms. The van der Waals surface area contributed by atoms with Gasteiger partial charge in [-0.15, -0.1) is 0 Å². The Kier molecular flexibility index (Phi) is 5.76. The number of carbonyl (C=O) groups excluding carboxylic acids is 1. The fourth-order valence-corrected chi connectivity index (χ4v) is 2.66. The normalized spacial score (nSPS) is 10.5. The molecule has 0 unspecified atom stereocenters. The Morgan fingerprint density at radius 2 is 1.81 bits per heavy atom. The number of aryl methyl sites for hydroxylation is 2. The largest absolute Gasteiger partial charge is 0.368 e. The van der Waals surface area contributed by atoms with Gasteiger partial charge in [-0.1, -0.05) is 29.8 Å². The maximum Gasteiger partial charge on any atom is 0.275 e. The van der Waals surface area contributed by atoms with Gasteiger partial charge in [0.2, 0.25) is 0 Å². The molecule has 1 aromatic heterocycles. The van der Waals surface area contributed by atoms with E-state index in [1.54, 1.807) is 12.1 Å². The molecule has 0 aliphatic heterocycles. The minimum atomic E-state index is -0.299. The molecule has 5 nitrogen and oxygen atoms in total. The molecule has 1 heterocycles. The molecule has 27 heavy (non-hydrogen) atoms. The van der Waals surface area contributed by atoms with Crippen molar-refractivity contribution >= 4 is 17.4 Å². The van der Waals surface area contributed by atoms with E-state index >= 15 is 0 Å². The number of anilines is 2. The fraction of sp³-hybridized carbons (Fsp3) is 0.190. The van der Waals surface area contributed by atoms with Gasteiger partial charge in [-0.05, 0) is 49.6 Å². The van der Waals surface area contributed by atoms with Crippen molar-refractivity contribution in [2.75, 3.05) is 17.2 Å². The standard InChI is InChI=1S/C21H21FN4O/c1-14-3-8-18(15(2)11-14)26-21(27)19-12-25-20(13-24-19)23-10-9-16-4-6-17(22)7-5-16/h3-8,11-13H,9-10H2,1-2H3,(H,23,25)(H,26,27). The van der Waals surface area contributed by atoms with Crippen LogP contribution in [0.4, 0.5) is 15.9 Å². The SMILES string of the molecule is Cc1ccc(NC(=O)c2cnc(NCCc3ccc(F)cc3)cn2)c(C)c1. The monoisotopic (exact) mass is 364 g/mol. The minimum absolute atomic E-state index is 0.243. The smallest absolute Gasteiger partial charge is 0.275 e. The lowest BCUT2D eigenvalue weighted by Gasteiger charge is -2.09. The zero-order valence-electron chi connectivity index (χ0n) is 15.3. The van der Waals surface area contributed by atoms with Crippen molar-refractivity contribution in [2.24, 2.45) is 0 Å². The summed E-state index contributed by atoms with van der Waals surface area (Å²) in [6.07, 6.45) is 3.71. The summed E-state index contributed by atoms with van der Waals surface area (Å²) in [5, 5.41) is 5.99. The van der Waals surface area contributed by atoms with Gasteiger partial charge in [0, 0.05) is 12.2 Å². The Labute approximate surface area is 157 Å². The highest BCUT2D eigenvalue weighted by atomic mass is 19.1. The first-order chi connectivity index (χ1) is 13.0. The second kappa shape index (κ2) is 8.40. The van der Waals surface area contributed by atoms with Crippen molar-refractivity contribution in [3.63, 3.8) is 0 Å². The lowest BCUT2D eigenvalue weighted by molar-refractivity contribution is 0.102. The summed E-state index contributed by atoms with van der Waals surface area (Å²) < 4.78 is 12.9. The van der Waals surface area contributed by atoms with Crippen molar-refractivity contribution in [2.45, 2.75) is 20.3 Å². The number of hydrogen-bond donors (Lipinski definition) is 2. The van der Waals surface area contributed by atoms with E-state index in [2.05, 4.69) is 20.6 Å². The van der Waals surface area contributed by atoms with Crippen LogP contribution < -0.4 is 10.6 Å². The quantitative estimate of drug-likeness (QED) is 0.690. The molecule has 2 aromatic carbocycles. The molecule has 0 saturated carbocycles. The van der Waals surface area contributed by atoms with E-state index in [0.29, 0.717) is 12.4 Å². The number of benzene rings is 2. The van der Waals surface area contributed by atoms with Gasteiger partial charge in [-0.3, -0.25) is 4.79 Å². The van der Waals surface area contributed by atoms with E-state index in [9.17, 15) is 9.18 Å². The molecule has 6 heteroatoms. The van der Waals surface area contributed by atoms with Crippen LogP contribution in [-0.2, 0) is 6.42 Å². The molecule has 3 aromatic rings. The van der Waals surface area contributed by atoms with Gasteiger partial charge in [0.1, 0.15) is 17.3 Å². The summed E-state index contributed by atoms with van der Waals surface area (Å²) in [6, 6.07) is 12.2. The topological polar surface area (TPSA) is 66.9 Å². The molecule has 0 fully saturated rings. The number of nitrogens with one attached hydrogen (secondary N) is 2. The Morgan fingerprint density at radius 1 is 1.04 bits per heavy atom. The summed E-state index contributed by atoms with van der Waals surface area (Å²) in [4.78, 5) is 20.7. The van der Waals surface area contributed by atoms with E-state index < -0.39 is 0 Å². The predicted molar refractivity (Wildman–Crippen MR) is 104 cm³/mol. The Bertz CT molecular complexity index is 924. The minimum Gasteiger partial charge on any atom is -0.368 e. The maximum atomic E-state index is 12.9. The zero-order valence-corrected chi connectivity index (χ0v) is 15.3. The number of hydrogen-bond acceptors (Lipinski definition) is 4. The van der Waals surface area contributed by atoms with Gasteiger partial charge in [0.15, 0.2) is 0 Å². The molecule has 2 N–H and O–H groups in total. The first-order valence-corrected chi connectivity index (χ1v) is 8.70. The van der Waals surface area contributed by atoms with E-state index in [0.717, 1.165) is 28.8 Å². The molecule has 0 radical (unpaired) electrons. The highest BCUT2D eigenvalue weighted by Crippen LogP contribution is 2.16. The van der Waals surface area contributed by atoms with Crippen LogP contribution in [0.5, 0.6) is 0 Å². The number of carbonyl (C=O) groups is 1. The predicted octanol–water partition coefficient (Wildman–Crippen LogP) is 4.14. The first-order valence-electron chi connectivity index (χ1n) is 8.70. The van der Waals surface area contributed by atoms with Crippen LogP contribution in [0.15, 0.2) is 54.9 Å². The van der Waals surface area contributed by atoms with E-state index in [1.807, 2.05) is 32.0 Å². The summed E-state index contributed by atoms with van der Waals surface area (Å²) in [6.45, 7) is 4.59. The van der Waals surface area contributed by atoms with Crippen LogP contribution in [0.1, 0.15) is 27.2 Å². The number of nitrogens with zero attached hydrogens (tertiary/aromatic N) is 2. The number of halogens is 1. The Balaban J connectivity index is 1.54.